The number of hydrogen-bond donors (Lipinski definition) is 2. The molecule has 1 aliphatic heterocycles. The number of carbonyl (C=O) groups is 1. The topological polar surface area (TPSA) is 118 Å². The number of anilines is 2. The highest BCUT2D eigenvalue weighted by Crippen LogP contribution is 2.29. The van der Waals surface area contributed by atoms with Gasteiger partial charge < -0.3 is 9.64 Å². The smallest absolute Gasteiger partial charge is 0.271 e. The molecule has 1 aliphatic rings. The van der Waals surface area contributed by atoms with Crippen LogP contribution < -0.4 is 19.8 Å². The second-order valence-corrected chi connectivity index (χ2v) is 11.0. The molecule has 3 aromatic carbocycles. The Morgan fingerprint density at radius 1 is 1.00 bits per heavy atom. The number of hydrogen-bond acceptors (Lipinski definition) is 7. The minimum Gasteiger partial charge on any atom is -0.497 e. The van der Waals surface area contributed by atoms with Crippen molar-refractivity contribution in [1.29, 1.82) is 0 Å². The molecule has 0 spiro atoms. The molecule has 1 fully saturated rings. The van der Waals surface area contributed by atoms with Crippen LogP contribution in [0.2, 0.25) is 0 Å². The second kappa shape index (κ2) is 11.6. The van der Waals surface area contributed by atoms with Crippen LogP contribution in [0, 0.1) is 6.92 Å². The molecule has 5 rings (SSSR count). The molecule has 2 N–H and O–H groups in total. The minimum atomic E-state index is -3.92. The fraction of sp³-hybridized carbons (Fsp3) is 0.207. The molecule has 0 unspecified atom stereocenters. The summed E-state index contributed by atoms with van der Waals surface area (Å²) in [5.74, 6) is 1.00. The third-order valence-electron chi connectivity index (χ3n) is 6.60. The molecule has 40 heavy (non-hydrogen) atoms. The van der Waals surface area contributed by atoms with Crippen molar-refractivity contribution in [1.82, 2.24) is 15.2 Å². The fourth-order valence-corrected chi connectivity index (χ4v) is 5.66. The van der Waals surface area contributed by atoms with Crippen molar-refractivity contribution < 1.29 is 17.9 Å². The van der Waals surface area contributed by atoms with Crippen molar-refractivity contribution in [2.75, 3.05) is 29.8 Å². The number of nitrogens with zero attached hydrogens (tertiary/aromatic N) is 4. The predicted octanol–water partition coefficient (Wildman–Crippen LogP) is 4.35. The highest BCUT2D eigenvalue weighted by molar-refractivity contribution is 7.92. The molecular formula is C29H30N6O4S. The number of para-hydroxylation sites is 1. The number of benzene rings is 3. The molecule has 0 atom stereocenters. The summed E-state index contributed by atoms with van der Waals surface area (Å²) >= 11 is 0. The van der Waals surface area contributed by atoms with E-state index in [1.54, 1.807) is 30.5 Å². The van der Waals surface area contributed by atoms with Gasteiger partial charge in [0, 0.05) is 24.3 Å². The summed E-state index contributed by atoms with van der Waals surface area (Å²) in [7, 11) is -2.39. The summed E-state index contributed by atoms with van der Waals surface area (Å²) in [5, 5.41) is 8.97. The second-order valence-electron chi connectivity index (χ2n) is 9.33. The van der Waals surface area contributed by atoms with Gasteiger partial charge in [-0.25, -0.2) is 18.5 Å². The van der Waals surface area contributed by atoms with Gasteiger partial charge in [-0.15, -0.1) is 0 Å². The molecule has 1 saturated heterocycles. The lowest BCUT2D eigenvalue weighted by Gasteiger charge is -2.20. The molecule has 4 aromatic rings. The molecule has 1 aromatic heterocycles. The first-order valence-electron chi connectivity index (χ1n) is 12.9. The quantitative estimate of drug-likeness (QED) is 0.233. The number of ether oxygens (including phenoxy) is 1. The number of sulfonamides is 1. The number of methoxy groups -OCH3 is 1. The number of amides is 1. The van der Waals surface area contributed by atoms with Gasteiger partial charge in [-0.2, -0.15) is 10.2 Å². The number of aryl methyl sites for hydroxylation is 1. The Morgan fingerprint density at radius 2 is 1.73 bits per heavy atom. The Morgan fingerprint density at radius 3 is 2.42 bits per heavy atom. The number of aromatic nitrogens is 2. The van der Waals surface area contributed by atoms with E-state index in [1.165, 1.54) is 31.4 Å². The van der Waals surface area contributed by atoms with Crippen LogP contribution in [0.4, 0.5) is 11.5 Å². The lowest BCUT2D eigenvalue weighted by atomic mass is 10.2. The number of nitrogens with one attached hydrogen (secondary N) is 2. The standard InChI is InChI=1S/C29H30N6O4S/c1-21-27(29(34-17-6-7-18-34)35(32-21)24-10-4-3-5-11-24)20-30-31-28(36)22-9-8-12-26(19-22)40(37,38)33-23-13-15-25(39-2)16-14-23/h3-5,8-16,19-20,33H,6-7,17-18H2,1-2H3,(H,31,36). The molecule has 10 nitrogen and oxygen atoms in total. The van der Waals surface area contributed by atoms with Crippen LogP contribution in [-0.4, -0.2) is 50.5 Å². The van der Waals surface area contributed by atoms with E-state index in [-0.39, 0.29) is 10.5 Å². The van der Waals surface area contributed by atoms with Crippen molar-refractivity contribution in [2.45, 2.75) is 24.7 Å². The van der Waals surface area contributed by atoms with Crippen LogP contribution in [0.25, 0.3) is 5.69 Å². The Bertz CT molecular complexity index is 1630. The summed E-state index contributed by atoms with van der Waals surface area (Å²) < 4.78 is 35.4. The van der Waals surface area contributed by atoms with E-state index in [2.05, 4.69) is 20.1 Å². The zero-order valence-corrected chi connectivity index (χ0v) is 23.1. The van der Waals surface area contributed by atoms with E-state index >= 15 is 0 Å². The van der Waals surface area contributed by atoms with Crippen molar-refractivity contribution in [3.8, 4) is 11.4 Å². The molecule has 0 bridgehead atoms. The van der Waals surface area contributed by atoms with Gasteiger partial charge in [0.2, 0.25) is 0 Å². The maximum atomic E-state index is 12.9. The van der Waals surface area contributed by atoms with Gasteiger partial charge in [-0.05, 0) is 74.4 Å². The first kappa shape index (κ1) is 26.9. The van der Waals surface area contributed by atoms with Gasteiger partial charge in [0.25, 0.3) is 15.9 Å². The van der Waals surface area contributed by atoms with Crippen molar-refractivity contribution in [2.24, 2.45) is 5.10 Å². The fourth-order valence-electron chi connectivity index (χ4n) is 4.56. The van der Waals surface area contributed by atoms with E-state index in [0.29, 0.717) is 11.4 Å². The maximum Gasteiger partial charge on any atom is 0.271 e. The normalized spacial score (nSPS) is 13.5. The molecule has 0 saturated carbocycles. The SMILES string of the molecule is COc1ccc(NS(=O)(=O)c2cccc(C(=O)NN=Cc3c(C)nn(-c4ccccc4)c3N3CCCC3)c2)cc1. The Balaban J connectivity index is 1.34. The van der Waals surface area contributed by atoms with E-state index < -0.39 is 15.9 Å². The van der Waals surface area contributed by atoms with Gasteiger partial charge >= 0.3 is 0 Å². The third kappa shape index (κ3) is 5.84. The van der Waals surface area contributed by atoms with Gasteiger partial charge in [0.1, 0.15) is 11.6 Å². The summed E-state index contributed by atoms with van der Waals surface area (Å²) in [5.41, 5.74) is 5.59. The average molecular weight is 559 g/mol. The van der Waals surface area contributed by atoms with Gasteiger partial charge in [-0.3, -0.25) is 9.52 Å². The number of carbonyl (C=O) groups excluding carboxylic acids is 1. The first-order chi connectivity index (χ1) is 19.4. The molecule has 1 amide bonds. The van der Waals surface area contributed by atoms with Crippen LogP contribution >= 0.6 is 0 Å². The molecule has 206 valence electrons. The Kier molecular flexibility index (Phi) is 7.83. The molecule has 11 heteroatoms. The average Bonchev–Trinajstić information content (AvgIpc) is 3.62. The third-order valence-corrected chi connectivity index (χ3v) is 7.98. The minimum absolute atomic E-state index is 0.0451. The van der Waals surface area contributed by atoms with Crippen molar-refractivity contribution >= 4 is 33.7 Å². The Hall–Kier alpha value is -4.64. The zero-order valence-electron chi connectivity index (χ0n) is 22.2. The monoisotopic (exact) mass is 558 g/mol. The maximum absolute atomic E-state index is 12.9. The highest BCUT2D eigenvalue weighted by atomic mass is 32.2. The van der Waals surface area contributed by atoms with E-state index in [9.17, 15) is 13.2 Å². The van der Waals surface area contributed by atoms with Crippen LogP contribution in [-0.2, 0) is 10.0 Å². The first-order valence-corrected chi connectivity index (χ1v) is 14.3. The zero-order chi connectivity index (χ0) is 28.1. The van der Waals surface area contributed by atoms with Gasteiger partial charge in [-0.1, -0.05) is 24.3 Å². The van der Waals surface area contributed by atoms with Crippen LogP contribution in [0.5, 0.6) is 5.75 Å². The van der Waals surface area contributed by atoms with Crippen molar-refractivity contribution in [3.63, 3.8) is 0 Å². The molecule has 0 radical (unpaired) electrons. The lowest BCUT2D eigenvalue weighted by molar-refractivity contribution is 0.0955. The van der Waals surface area contributed by atoms with E-state index in [1.807, 2.05) is 41.9 Å². The van der Waals surface area contributed by atoms with E-state index in [4.69, 9.17) is 9.84 Å². The summed E-state index contributed by atoms with van der Waals surface area (Å²) in [4.78, 5) is 15.1. The van der Waals surface area contributed by atoms with Crippen LogP contribution in [0.1, 0.15) is 34.5 Å². The highest BCUT2D eigenvalue weighted by Gasteiger charge is 2.23. The number of rotatable bonds is 9. The van der Waals surface area contributed by atoms with E-state index in [0.717, 1.165) is 48.7 Å². The number of hydrazone groups is 1. The summed E-state index contributed by atoms with van der Waals surface area (Å²) in [6.45, 7) is 3.74. The lowest BCUT2D eigenvalue weighted by Crippen LogP contribution is -2.23. The molecular weight excluding hydrogens is 528 g/mol. The largest absolute Gasteiger partial charge is 0.497 e. The van der Waals surface area contributed by atoms with Gasteiger partial charge in [0.05, 0.1) is 35.2 Å². The Labute approximate surface area is 233 Å². The van der Waals surface area contributed by atoms with Crippen LogP contribution in [0.15, 0.2) is 88.9 Å². The van der Waals surface area contributed by atoms with Gasteiger partial charge in [0.15, 0.2) is 0 Å². The predicted molar refractivity (Wildman–Crippen MR) is 155 cm³/mol. The van der Waals surface area contributed by atoms with Crippen molar-refractivity contribution in [3.05, 3.63) is 95.7 Å². The summed E-state index contributed by atoms with van der Waals surface area (Å²) in [6, 6.07) is 22.2. The molecule has 2 heterocycles. The van der Waals surface area contributed by atoms with Crippen LogP contribution in [0.3, 0.4) is 0 Å². The molecule has 0 aliphatic carbocycles. The summed E-state index contributed by atoms with van der Waals surface area (Å²) in [6.07, 6.45) is 3.79.